The van der Waals surface area contributed by atoms with Gasteiger partial charge < -0.3 is 0 Å². The molecule has 0 radical (unpaired) electrons. The lowest BCUT2D eigenvalue weighted by molar-refractivity contribution is 1.08. The number of benzene rings is 11. The van der Waals surface area contributed by atoms with Crippen molar-refractivity contribution in [3.63, 3.8) is 0 Å². The summed E-state index contributed by atoms with van der Waals surface area (Å²) in [6.45, 7) is 0. The highest BCUT2D eigenvalue weighted by molar-refractivity contribution is 6.37. The van der Waals surface area contributed by atoms with Crippen LogP contribution in [0.2, 0.25) is 0 Å². The van der Waals surface area contributed by atoms with Gasteiger partial charge in [0.15, 0.2) is 17.5 Å². The van der Waals surface area contributed by atoms with E-state index in [1.54, 1.807) is 0 Å². The molecule has 3 heteroatoms. The molecule has 0 N–H and O–H groups in total. The first kappa shape index (κ1) is 34.6. The maximum absolute atomic E-state index is 5.08. The zero-order valence-corrected chi connectivity index (χ0v) is 33.5. The third kappa shape index (κ3) is 5.42. The lowest BCUT2D eigenvalue weighted by Gasteiger charge is -2.17. The molecule has 0 fully saturated rings. The number of hydrogen-bond donors (Lipinski definition) is 0. The summed E-state index contributed by atoms with van der Waals surface area (Å²) >= 11 is 0. The molecule has 0 amide bonds. The van der Waals surface area contributed by atoms with E-state index in [1.807, 2.05) is 30.3 Å². The third-order valence-electron chi connectivity index (χ3n) is 12.8. The van der Waals surface area contributed by atoms with E-state index in [9.17, 15) is 0 Å². The molecule has 0 aliphatic rings. The van der Waals surface area contributed by atoms with E-state index in [1.165, 1.54) is 75.8 Å². The Balaban J connectivity index is 0.914. The summed E-state index contributed by atoms with van der Waals surface area (Å²) < 4.78 is 0. The lowest BCUT2D eigenvalue weighted by atomic mass is 9.86. The molecule has 1 heterocycles. The second-order valence-corrected chi connectivity index (χ2v) is 16.3. The van der Waals surface area contributed by atoms with E-state index >= 15 is 0 Å². The summed E-state index contributed by atoms with van der Waals surface area (Å²) in [6.07, 6.45) is 0. The van der Waals surface area contributed by atoms with Crippen LogP contribution in [-0.2, 0) is 0 Å². The van der Waals surface area contributed by atoms with Gasteiger partial charge in [0.25, 0.3) is 0 Å². The fraction of sp³-hybridized carbons (Fsp3) is 0. The molecule has 0 aliphatic carbocycles. The number of hydrogen-bond acceptors (Lipinski definition) is 3. The van der Waals surface area contributed by atoms with E-state index < -0.39 is 0 Å². The second-order valence-electron chi connectivity index (χ2n) is 16.3. The minimum absolute atomic E-state index is 0.644. The highest BCUT2D eigenvalue weighted by atomic mass is 15.0. The van der Waals surface area contributed by atoms with Crippen molar-refractivity contribution in [1.29, 1.82) is 0 Å². The topological polar surface area (TPSA) is 38.7 Å². The van der Waals surface area contributed by atoms with E-state index in [0.29, 0.717) is 17.5 Å². The number of aromatic nitrogens is 3. The minimum atomic E-state index is 0.644. The lowest BCUT2D eigenvalue weighted by Crippen LogP contribution is -2.00. The standard InChI is InChI=1S/C59H35N3/c1-2-11-43(12-3-1)57-60-58(62-59(61-57)51-21-6-13-39-10-4-5-17-47(39)51)44-31-26-37(27-32-44)36-22-24-38(25-23-36)46-34-45-33-30-42-15-8-19-49-48-18-7-14-40-28-29-41-16-9-20-50(55(41)53(40)48)52(35-46)56(45)54(42)49/h1-35H. The van der Waals surface area contributed by atoms with Gasteiger partial charge in [-0.2, -0.15) is 0 Å². The number of fused-ring (bicyclic) bond motifs is 3. The Morgan fingerprint density at radius 3 is 1.23 bits per heavy atom. The van der Waals surface area contributed by atoms with Gasteiger partial charge in [-0.05, 0) is 110 Å². The SMILES string of the molecule is c1ccc(-c2nc(-c3ccc(-c4ccc(-c5cc6ccc7cccc8c9cccc%10ccc%11cccc(c(c5)c6c78)c%11c%109)cc4)cc3)nc(-c3cccc4ccccc34)n2)cc1. The molecule has 12 aromatic carbocycles. The third-order valence-corrected chi connectivity index (χ3v) is 12.8. The fourth-order valence-corrected chi connectivity index (χ4v) is 9.88. The van der Waals surface area contributed by atoms with Crippen molar-refractivity contribution in [2.24, 2.45) is 0 Å². The minimum Gasteiger partial charge on any atom is -0.208 e. The molecule has 0 atom stereocenters. The zero-order valence-electron chi connectivity index (χ0n) is 33.5. The average Bonchev–Trinajstić information content (AvgIpc) is 3.35. The van der Waals surface area contributed by atoms with Gasteiger partial charge >= 0.3 is 0 Å². The molecule has 286 valence electrons. The van der Waals surface area contributed by atoms with Crippen molar-refractivity contribution in [1.82, 2.24) is 15.0 Å². The summed E-state index contributed by atoms with van der Waals surface area (Å²) in [4.78, 5) is 15.1. The zero-order chi connectivity index (χ0) is 40.7. The average molecular weight is 786 g/mol. The summed E-state index contributed by atoms with van der Waals surface area (Å²) in [5.41, 5.74) is 7.54. The van der Waals surface area contributed by atoms with Crippen LogP contribution in [0.5, 0.6) is 0 Å². The quantitative estimate of drug-likeness (QED) is 0.163. The van der Waals surface area contributed by atoms with Gasteiger partial charge in [-0.15, -0.1) is 0 Å². The van der Waals surface area contributed by atoms with Gasteiger partial charge in [0.1, 0.15) is 0 Å². The van der Waals surface area contributed by atoms with Crippen molar-refractivity contribution in [3.8, 4) is 56.4 Å². The van der Waals surface area contributed by atoms with Crippen LogP contribution in [0.3, 0.4) is 0 Å². The number of rotatable bonds is 5. The predicted octanol–water partition coefficient (Wildman–Crippen LogP) is 15.7. The molecule has 0 spiro atoms. The predicted molar refractivity (Wildman–Crippen MR) is 261 cm³/mol. The molecular formula is C59H35N3. The Labute approximate surface area is 357 Å². The number of nitrogens with zero attached hydrogens (tertiary/aromatic N) is 3. The van der Waals surface area contributed by atoms with Gasteiger partial charge in [0.2, 0.25) is 0 Å². The smallest absolute Gasteiger partial charge is 0.164 e. The van der Waals surface area contributed by atoms with E-state index in [0.717, 1.165) is 38.6 Å². The van der Waals surface area contributed by atoms with Gasteiger partial charge in [0.05, 0.1) is 0 Å². The molecule has 0 unspecified atom stereocenters. The highest BCUT2D eigenvalue weighted by Gasteiger charge is 2.18. The van der Waals surface area contributed by atoms with Crippen LogP contribution in [-0.4, -0.2) is 15.0 Å². The molecule has 13 rings (SSSR count). The Bertz CT molecular complexity index is 3880. The normalized spacial score (nSPS) is 11.9. The maximum atomic E-state index is 5.08. The largest absolute Gasteiger partial charge is 0.208 e. The molecular weight excluding hydrogens is 751 g/mol. The molecule has 62 heavy (non-hydrogen) atoms. The van der Waals surface area contributed by atoms with Gasteiger partial charge in [-0.1, -0.05) is 200 Å². The molecule has 0 saturated heterocycles. The van der Waals surface area contributed by atoms with Crippen LogP contribution < -0.4 is 0 Å². The van der Waals surface area contributed by atoms with Crippen LogP contribution in [0.25, 0.3) is 132 Å². The van der Waals surface area contributed by atoms with Crippen molar-refractivity contribution in [2.45, 2.75) is 0 Å². The molecule has 0 aliphatic heterocycles. The van der Waals surface area contributed by atoms with E-state index in [4.69, 9.17) is 15.0 Å². The maximum Gasteiger partial charge on any atom is 0.164 e. The highest BCUT2D eigenvalue weighted by Crippen LogP contribution is 2.44. The van der Waals surface area contributed by atoms with Gasteiger partial charge in [-0.3, -0.25) is 0 Å². The fourth-order valence-electron chi connectivity index (χ4n) is 9.88. The Morgan fingerprint density at radius 1 is 0.210 bits per heavy atom. The Hall–Kier alpha value is -8.27. The van der Waals surface area contributed by atoms with Crippen molar-refractivity contribution in [3.05, 3.63) is 212 Å². The van der Waals surface area contributed by atoms with Crippen LogP contribution in [0.15, 0.2) is 212 Å². The van der Waals surface area contributed by atoms with Gasteiger partial charge in [0, 0.05) is 16.7 Å². The van der Waals surface area contributed by atoms with E-state index in [-0.39, 0.29) is 0 Å². The Morgan fingerprint density at radius 2 is 0.613 bits per heavy atom. The summed E-state index contributed by atoms with van der Waals surface area (Å²) in [5, 5.41) is 17.8. The summed E-state index contributed by atoms with van der Waals surface area (Å²) in [5.74, 6) is 1.96. The van der Waals surface area contributed by atoms with Crippen LogP contribution in [0.4, 0.5) is 0 Å². The molecule has 13 aromatic rings. The first-order chi connectivity index (χ1) is 30.7. The van der Waals surface area contributed by atoms with Crippen molar-refractivity contribution in [2.75, 3.05) is 0 Å². The van der Waals surface area contributed by atoms with Crippen molar-refractivity contribution >= 4 is 75.4 Å². The van der Waals surface area contributed by atoms with Crippen LogP contribution >= 0.6 is 0 Å². The summed E-state index contributed by atoms with van der Waals surface area (Å²) in [7, 11) is 0. The Kier molecular flexibility index (Phi) is 7.60. The summed E-state index contributed by atoms with van der Waals surface area (Å²) in [6, 6.07) is 76.7. The second kappa shape index (κ2) is 13.6. The first-order valence-electron chi connectivity index (χ1n) is 21.2. The molecule has 1 aromatic heterocycles. The van der Waals surface area contributed by atoms with E-state index in [2.05, 4.69) is 182 Å². The van der Waals surface area contributed by atoms with Crippen LogP contribution in [0, 0.1) is 0 Å². The molecule has 3 nitrogen and oxygen atoms in total. The van der Waals surface area contributed by atoms with Crippen LogP contribution in [0.1, 0.15) is 0 Å². The van der Waals surface area contributed by atoms with Gasteiger partial charge in [-0.25, -0.2) is 15.0 Å². The first-order valence-corrected chi connectivity index (χ1v) is 21.2. The molecule has 0 bridgehead atoms. The monoisotopic (exact) mass is 785 g/mol. The van der Waals surface area contributed by atoms with Crippen molar-refractivity contribution < 1.29 is 0 Å². The molecule has 0 saturated carbocycles.